The Labute approximate surface area is 132 Å². The van der Waals surface area contributed by atoms with Crippen molar-refractivity contribution in [3.05, 3.63) is 51.0 Å². The number of fused-ring (bicyclic) bond motifs is 1. The summed E-state index contributed by atoms with van der Waals surface area (Å²) >= 11 is 1.82. The Morgan fingerprint density at radius 1 is 1.32 bits per heavy atom. The third kappa shape index (κ3) is 2.15. The molecular weight excluding hydrogens is 298 g/mol. The largest absolute Gasteiger partial charge is 0.311 e. The summed E-state index contributed by atoms with van der Waals surface area (Å²) in [5.74, 6) is -0.479. The van der Waals surface area contributed by atoms with Crippen molar-refractivity contribution in [1.29, 1.82) is 0 Å². The second-order valence-corrected chi connectivity index (χ2v) is 7.00. The third-order valence-corrected chi connectivity index (χ3v) is 5.86. The number of hydrogen-bond donors (Lipinski definition) is 3. The van der Waals surface area contributed by atoms with Gasteiger partial charge in [0.2, 0.25) is 0 Å². The van der Waals surface area contributed by atoms with Crippen LogP contribution in [0.1, 0.15) is 44.3 Å². The first kappa shape index (κ1) is 13.9. The molecule has 2 aromatic rings. The van der Waals surface area contributed by atoms with Crippen LogP contribution in [0, 0.1) is 0 Å². The molecule has 0 atom stereocenters. The average Bonchev–Trinajstić information content (AvgIpc) is 3.27. The summed E-state index contributed by atoms with van der Waals surface area (Å²) in [7, 11) is 0. The van der Waals surface area contributed by atoms with Gasteiger partial charge in [0.1, 0.15) is 5.01 Å². The summed E-state index contributed by atoms with van der Waals surface area (Å²) in [6.45, 7) is 1.94. The predicted molar refractivity (Wildman–Crippen MR) is 83.2 cm³/mol. The van der Waals surface area contributed by atoms with Gasteiger partial charge in [0, 0.05) is 35.4 Å². The Hall–Kier alpha value is -1.76. The molecule has 114 valence electrons. The van der Waals surface area contributed by atoms with Crippen molar-refractivity contribution < 1.29 is 10.0 Å². The number of amides is 1. The van der Waals surface area contributed by atoms with Gasteiger partial charge in [-0.1, -0.05) is 12.1 Å². The van der Waals surface area contributed by atoms with Crippen LogP contribution < -0.4 is 10.8 Å². The molecule has 2 aliphatic rings. The van der Waals surface area contributed by atoms with E-state index in [4.69, 9.17) is 10.2 Å². The zero-order chi connectivity index (χ0) is 15.2. The quantitative estimate of drug-likeness (QED) is 0.598. The van der Waals surface area contributed by atoms with E-state index in [0.717, 1.165) is 32.4 Å². The fourth-order valence-corrected chi connectivity index (χ4v) is 4.43. The zero-order valence-electron chi connectivity index (χ0n) is 12.1. The summed E-state index contributed by atoms with van der Waals surface area (Å²) in [5, 5.41) is 13.3. The minimum absolute atomic E-state index is 0.0379. The molecule has 0 saturated heterocycles. The van der Waals surface area contributed by atoms with Crippen LogP contribution in [0.3, 0.4) is 0 Å². The minimum atomic E-state index is -0.479. The third-order valence-electron chi connectivity index (χ3n) is 4.56. The van der Waals surface area contributed by atoms with Gasteiger partial charge in [-0.3, -0.25) is 10.0 Å². The first-order chi connectivity index (χ1) is 10.7. The zero-order valence-corrected chi connectivity index (χ0v) is 12.9. The number of carbonyl (C=O) groups excluding carboxylic acids is 1. The fourth-order valence-electron chi connectivity index (χ4n) is 3.09. The van der Waals surface area contributed by atoms with Gasteiger partial charge in [0.15, 0.2) is 0 Å². The smallest absolute Gasteiger partial charge is 0.274 e. The lowest BCUT2D eigenvalue weighted by Gasteiger charge is -2.13. The number of aromatic nitrogens is 1. The monoisotopic (exact) mass is 315 g/mol. The normalized spacial score (nSPS) is 18.6. The Kier molecular flexibility index (Phi) is 3.25. The molecule has 1 fully saturated rings. The molecule has 5 nitrogen and oxygen atoms in total. The number of benzene rings is 1. The van der Waals surface area contributed by atoms with Crippen LogP contribution in [-0.2, 0) is 18.4 Å². The number of hydroxylamine groups is 1. The van der Waals surface area contributed by atoms with Crippen molar-refractivity contribution in [3.8, 4) is 0 Å². The molecule has 1 amide bonds. The van der Waals surface area contributed by atoms with Gasteiger partial charge in [-0.2, -0.15) is 0 Å². The first-order valence-electron chi connectivity index (χ1n) is 7.48. The number of thiazole rings is 1. The molecule has 0 bridgehead atoms. The Morgan fingerprint density at radius 2 is 2.09 bits per heavy atom. The molecule has 1 aromatic carbocycles. The highest BCUT2D eigenvalue weighted by atomic mass is 32.1. The van der Waals surface area contributed by atoms with Crippen molar-refractivity contribution in [2.75, 3.05) is 6.54 Å². The number of carbonyl (C=O) groups is 1. The molecule has 1 aliphatic carbocycles. The van der Waals surface area contributed by atoms with E-state index in [0.29, 0.717) is 5.56 Å². The fraction of sp³-hybridized carbons (Fsp3) is 0.375. The standard InChI is InChI=1S/C16H17N3O2S/c20-14(19-21)10-1-3-11(4-2-10)16(6-7-16)15-18-12-5-8-17-9-13(12)22-15/h1-4,17,21H,5-9H2,(H,19,20). The van der Waals surface area contributed by atoms with Crippen LogP contribution >= 0.6 is 11.3 Å². The van der Waals surface area contributed by atoms with Gasteiger partial charge >= 0.3 is 0 Å². The van der Waals surface area contributed by atoms with E-state index in [1.54, 1.807) is 17.6 Å². The second kappa shape index (κ2) is 5.15. The molecule has 1 aromatic heterocycles. The van der Waals surface area contributed by atoms with Crippen LogP contribution in [-0.4, -0.2) is 22.6 Å². The maximum absolute atomic E-state index is 11.4. The van der Waals surface area contributed by atoms with E-state index in [1.165, 1.54) is 21.1 Å². The molecule has 0 spiro atoms. The van der Waals surface area contributed by atoms with Crippen molar-refractivity contribution in [2.24, 2.45) is 0 Å². The van der Waals surface area contributed by atoms with Gasteiger partial charge in [-0.05, 0) is 30.5 Å². The van der Waals surface area contributed by atoms with Crippen molar-refractivity contribution >= 4 is 17.2 Å². The molecule has 1 aliphatic heterocycles. The molecule has 6 heteroatoms. The van der Waals surface area contributed by atoms with E-state index in [1.807, 2.05) is 23.5 Å². The van der Waals surface area contributed by atoms with Gasteiger partial charge in [0.05, 0.1) is 5.69 Å². The van der Waals surface area contributed by atoms with Gasteiger partial charge < -0.3 is 5.32 Å². The van der Waals surface area contributed by atoms with Gasteiger partial charge in [-0.15, -0.1) is 11.3 Å². The lowest BCUT2D eigenvalue weighted by atomic mass is 9.95. The molecule has 0 unspecified atom stereocenters. The SMILES string of the molecule is O=C(NO)c1ccc(C2(c3nc4c(s3)CNCC4)CC2)cc1. The van der Waals surface area contributed by atoms with Crippen LogP contribution in [0.5, 0.6) is 0 Å². The minimum Gasteiger partial charge on any atom is -0.311 e. The van der Waals surface area contributed by atoms with Gasteiger partial charge in [0.25, 0.3) is 5.91 Å². The topological polar surface area (TPSA) is 74.2 Å². The second-order valence-electron chi connectivity index (χ2n) is 5.92. The Balaban J connectivity index is 1.66. The summed E-state index contributed by atoms with van der Waals surface area (Å²) in [5.41, 5.74) is 4.62. The molecule has 0 radical (unpaired) electrons. The Bertz CT molecular complexity index is 696. The molecule has 22 heavy (non-hydrogen) atoms. The predicted octanol–water partition coefficient (Wildman–Crippen LogP) is 1.99. The highest BCUT2D eigenvalue weighted by Gasteiger charge is 2.48. The summed E-state index contributed by atoms with van der Waals surface area (Å²) < 4.78 is 0. The molecule has 2 heterocycles. The molecule has 3 N–H and O–H groups in total. The number of nitrogens with one attached hydrogen (secondary N) is 2. The van der Waals surface area contributed by atoms with Crippen molar-refractivity contribution in [1.82, 2.24) is 15.8 Å². The number of nitrogens with zero attached hydrogens (tertiary/aromatic N) is 1. The van der Waals surface area contributed by atoms with Crippen LogP contribution in [0.2, 0.25) is 0 Å². The van der Waals surface area contributed by atoms with Crippen molar-refractivity contribution in [3.63, 3.8) is 0 Å². The average molecular weight is 315 g/mol. The van der Waals surface area contributed by atoms with Crippen LogP contribution in [0.4, 0.5) is 0 Å². The number of hydrogen-bond acceptors (Lipinski definition) is 5. The first-order valence-corrected chi connectivity index (χ1v) is 8.29. The Morgan fingerprint density at radius 3 is 2.73 bits per heavy atom. The lowest BCUT2D eigenvalue weighted by molar-refractivity contribution is 0.0706. The van der Waals surface area contributed by atoms with Gasteiger partial charge in [-0.25, -0.2) is 10.5 Å². The van der Waals surface area contributed by atoms with E-state index in [2.05, 4.69) is 5.32 Å². The van der Waals surface area contributed by atoms with E-state index in [-0.39, 0.29) is 5.41 Å². The molecule has 4 rings (SSSR count). The highest BCUT2D eigenvalue weighted by Crippen LogP contribution is 2.55. The maximum Gasteiger partial charge on any atom is 0.274 e. The van der Waals surface area contributed by atoms with E-state index >= 15 is 0 Å². The van der Waals surface area contributed by atoms with E-state index < -0.39 is 5.91 Å². The highest BCUT2D eigenvalue weighted by molar-refractivity contribution is 7.12. The molecular formula is C16H17N3O2S. The lowest BCUT2D eigenvalue weighted by Crippen LogP contribution is -2.22. The van der Waals surface area contributed by atoms with Crippen LogP contribution in [0.15, 0.2) is 24.3 Å². The summed E-state index contributed by atoms with van der Waals surface area (Å²) in [6.07, 6.45) is 3.23. The summed E-state index contributed by atoms with van der Waals surface area (Å²) in [4.78, 5) is 17.7. The van der Waals surface area contributed by atoms with Crippen LogP contribution in [0.25, 0.3) is 0 Å². The van der Waals surface area contributed by atoms with E-state index in [9.17, 15) is 4.79 Å². The number of rotatable bonds is 3. The summed E-state index contributed by atoms with van der Waals surface area (Å²) in [6, 6.07) is 7.48. The maximum atomic E-state index is 11.4. The van der Waals surface area contributed by atoms with Crippen molar-refractivity contribution in [2.45, 2.75) is 31.2 Å². The molecule has 1 saturated carbocycles.